The third kappa shape index (κ3) is 1.76. The molecule has 1 amide bonds. The van der Waals surface area contributed by atoms with Gasteiger partial charge in [-0.2, -0.15) is 4.39 Å². The van der Waals surface area contributed by atoms with Crippen LogP contribution in [-0.4, -0.2) is 15.3 Å². The second-order valence-electron chi connectivity index (χ2n) is 3.43. The van der Waals surface area contributed by atoms with Crippen molar-refractivity contribution in [3.05, 3.63) is 46.3 Å². The lowest BCUT2D eigenvalue weighted by molar-refractivity contribution is -0.119. The van der Waals surface area contributed by atoms with Crippen molar-refractivity contribution < 1.29 is 9.18 Å². The third-order valence-corrected chi connectivity index (χ3v) is 2.31. The van der Waals surface area contributed by atoms with Gasteiger partial charge in [-0.1, -0.05) is 6.07 Å². The molecule has 2 aromatic heterocycles. The quantitative estimate of drug-likeness (QED) is 0.720. The van der Waals surface area contributed by atoms with Gasteiger partial charge in [0.05, 0.1) is 0 Å². The van der Waals surface area contributed by atoms with E-state index in [0.717, 1.165) is 4.40 Å². The second kappa shape index (κ2) is 3.95. The standard InChI is InChI=1S/C10H9FN4O2/c11-6-8(7(12)9(13)16)14-5-3-1-2-4-15(5)10(6)17/h1-4,7H,12H2,(H2,13,16). The van der Waals surface area contributed by atoms with Gasteiger partial charge in [0.15, 0.2) is 0 Å². The summed E-state index contributed by atoms with van der Waals surface area (Å²) in [6.45, 7) is 0. The Morgan fingerprint density at radius 3 is 2.82 bits per heavy atom. The molecule has 2 rings (SSSR count). The van der Waals surface area contributed by atoms with E-state index in [1.165, 1.54) is 12.3 Å². The van der Waals surface area contributed by atoms with Gasteiger partial charge in [0.2, 0.25) is 11.7 Å². The van der Waals surface area contributed by atoms with Gasteiger partial charge in [0.25, 0.3) is 5.56 Å². The number of aromatic nitrogens is 2. The van der Waals surface area contributed by atoms with Crippen molar-refractivity contribution in [2.45, 2.75) is 6.04 Å². The lowest BCUT2D eigenvalue weighted by atomic mass is 10.2. The van der Waals surface area contributed by atoms with Crippen LogP contribution in [0.4, 0.5) is 4.39 Å². The van der Waals surface area contributed by atoms with Gasteiger partial charge in [0, 0.05) is 6.20 Å². The number of hydrogen-bond donors (Lipinski definition) is 2. The molecule has 1 unspecified atom stereocenters. The number of nitrogens with two attached hydrogens (primary N) is 2. The highest BCUT2D eigenvalue weighted by Gasteiger charge is 2.22. The van der Waals surface area contributed by atoms with Crippen molar-refractivity contribution in [2.75, 3.05) is 0 Å². The van der Waals surface area contributed by atoms with Crippen molar-refractivity contribution in [1.82, 2.24) is 9.38 Å². The van der Waals surface area contributed by atoms with Crippen LogP contribution in [0, 0.1) is 5.82 Å². The molecule has 2 heterocycles. The molecule has 0 aliphatic heterocycles. The van der Waals surface area contributed by atoms with Crippen LogP contribution in [-0.2, 0) is 4.79 Å². The number of hydrogen-bond acceptors (Lipinski definition) is 4. The van der Waals surface area contributed by atoms with Crippen LogP contribution in [0.2, 0.25) is 0 Å². The molecule has 0 saturated heterocycles. The topological polar surface area (TPSA) is 103 Å². The number of fused-ring (bicyclic) bond motifs is 1. The van der Waals surface area contributed by atoms with E-state index in [0.29, 0.717) is 0 Å². The highest BCUT2D eigenvalue weighted by Crippen LogP contribution is 2.10. The fourth-order valence-corrected chi connectivity index (χ4v) is 1.43. The summed E-state index contributed by atoms with van der Waals surface area (Å²) < 4.78 is 14.7. The van der Waals surface area contributed by atoms with E-state index in [9.17, 15) is 14.0 Å². The smallest absolute Gasteiger partial charge is 0.294 e. The molecule has 0 aliphatic rings. The van der Waals surface area contributed by atoms with Gasteiger partial charge in [-0.3, -0.25) is 14.0 Å². The number of pyridine rings is 1. The zero-order valence-electron chi connectivity index (χ0n) is 8.63. The summed E-state index contributed by atoms with van der Waals surface area (Å²) >= 11 is 0. The van der Waals surface area contributed by atoms with E-state index in [4.69, 9.17) is 11.5 Å². The van der Waals surface area contributed by atoms with Gasteiger partial charge in [-0.15, -0.1) is 0 Å². The summed E-state index contributed by atoms with van der Waals surface area (Å²) in [5.74, 6) is -2.11. The Morgan fingerprint density at radius 2 is 2.18 bits per heavy atom. The summed E-state index contributed by atoms with van der Waals surface area (Å²) in [6.07, 6.45) is 1.37. The summed E-state index contributed by atoms with van der Waals surface area (Å²) in [6, 6.07) is 3.24. The van der Waals surface area contributed by atoms with E-state index in [1.54, 1.807) is 12.1 Å². The first-order valence-corrected chi connectivity index (χ1v) is 4.74. The lowest BCUT2D eigenvalue weighted by Crippen LogP contribution is -2.33. The zero-order chi connectivity index (χ0) is 12.6. The Kier molecular flexibility index (Phi) is 2.60. The first kappa shape index (κ1) is 11.2. The molecule has 6 nitrogen and oxygen atoms in total. The van der Waals surface area contributed by atoms with Crippen molar-refractivity contribution in [2.24, 2.45) is 11.5 Å². The molecule has 1 atom stereocenters. The number of carbonyl (C=O) groups excluding carboxylic acids is 1. The fourth-order valence-electron chi connectivity index (χ4n) is 1.43. The van der Waals surface area contributed by atoms with E-state index in [-0.39, 0.29) is 5.65 Å². The maximum absolute atomic E-state index is 13.7. The van der Waals surface area contributed by atoms with Gasteiger partial charge < -0.3 is 11.5 Å². The number of nitrogens with zero attached hydrogens (tertiary/aromatic N) is 2. The molecule has 17 heavy (non-hydrogen) atoms. The van der Waals surface area contributed by atoms with Crippen molar-refractivity contribution >= 4 is 11.6 Å². The van der Waals surface area contributed by atoms with Gasteiger partial charge >= 0.3 is 0 Å². The molecule has 88 valence electrons. The van der Waals surface area contributed by atoms with E-state index in [1.807, 2.05) is 0 Å². The normalized spacial score (nSPS) is 12.6. The minimum absolute atomic E-state index is 0.200. The first-order valence-electron chi connectivity index (χ1n) is 4.74. The minimum Gasteiger partial charge on any atom is -0.368 e. The van der Waals surface area contributed by atoms with Gasteiger partial charge in [0.1, 0.15) is 17.4 Å². The molecular formula is C10H9FN4O2. The Hall–Kier alpha value is -2.28. The maximum atomic E-state index is 13.7. The molecule has 4 N–H and O–H groups in total. The predicted molar refractivity (Wildman–Crippen MR) is 57.5 cm³/mol. The van der Waals surface area contributed by atoms with Crippen LogP contribution in [0.1, 0.15) is 11.7 Å². The number of rotatable bonds is 2. The maximum Gasteiger partial charge on any atom is 0.294 e. The highest BCUT2D eigenvalue weighted by atomic mass is 19.1. The van der Waals surface area contributed by atoms with Crippen molar-refractivity contribution in [3.63, 3.8) is 0 Å². The van der Waals surface area contributed by atoms with Gasteiger partial charge in [-0.25, -0.2) is 4.98 Å². The molecule has 7 heteroatoms. The molecule has 0 fully saturated rings. The number of halogens is 1. The molecule has 0 saturated carbocycles. The van der Waals surface area contributed by atoms with E-state index < -0.39 is 29.0 Å². The third-order valence-electron chi connectivity index (χ3n) is 2.31. The SMILES string of the molecule is NC(=O)C(N)c1nc2ccccn2c(=O)c1F. The van der Waals surface area contributed by atoms with Crippen molar-refractivity contribution in [1.29, 1.82) is 0 Å². The average Bonchev–Trinajstić information content (AvgIpc) is 2.33. The highest BCUT2D eigenvalue weighted by molar-refractivity contribution is 5.80. The molecule has 0 spiro atoms. The molecular weight excluding hydrogens is 227 g/mol. The minimum atomic E-state index is -1.44. The predicted octanol–water partition coefficient (Wildman–Crippen LogP) is -0.681. The summed E-state index contributed by atoms with van der Waals surface area (Å²) in [5.41, 5.74) is 9.17. The van der Waals surface area contributed by atoms with Crippen LogP contribution in [0.3, 0.4) is 0 Å². The second-order valence-corrected chi connectivity index (χ2v) is 3.43. The first-order chi connectivity index (χ1) is 8.02. The number of primary amides is 1. The molecule has 0 aliphatic carbocycles. The van der Waals surface area contributed by atoms with Crippen LogP contribution in [0.25, 0.3) is 5.65 Å². The van der Waals surface area contributed by atoms with Crippen molar-refractivity contribution in [3.8, 4) is 0 Å². The molecule has 2 aromatic rings. The zero-order valence-corrected chi connectivity index (χ0v) is 8.63. The Labute approximate surface area is 94.7 Å². The van der Waals surface area contributed by atoms with Crippen LogP contribution in [0.5, 0.6) is 0 Å². The Morgan fingerprint density at radius 1 is 1.47 bits per heavy atom. The molecule has 0 bridgehead atoms. The fraction of sp³-hybridized carbons (Fsp3) is 0.100. The summed E-state index contributed by atoms with van der Waals surface area (Å²) in [7, 11) is 0. The van der Waals surface area contributed by atoms with Crippen LogP contribution >= 0.6 is 0 Å². The summed E-state index contributed by atoms with van der Waals surface area (Å²) in [5, 5.41) is 0. The van der Waals surface area contributed by atoms with E-state index >= 15 is 0 Å². The molecule has 0 aromatic carbocycles. The average molecular weight is 236 g/mol. The lowest BCUT2D eigenvalue weighted by Gasteiger charge is -2.09. The Balaban J connectivity index is 2.79. The van der Waals surface area contributed by atoms with Gasteiger partial charge in [-0.05, 0) is 12.1 Å². The summed E-state index contributed by atoms with van der Waals surface area (Å²) in [4.78, 5) is 26.3. The largest absolute Gasteiger partial charge is 0.368 e. The van der Waals surface area contributed by atoms with E-state index in [2.05, 4.69) is 4.98 Å². The Bertz CT molecular complexity index is 652. The van der Waals surface area contributed by atoms with Crippen LogP contribution in [0.15, 0.2) is 29.2 Å². The number of amides is 1. The van der Waals surface area contributed by atoms with Crippen LogP contribution < -0.4 is 17.0 Å². The monoisotopic (exact) mass is 236 g/mol. The number of carbonyl (C=O) groups is 1. The molecule has 0 radical (unpaired) electrons.